The molecule has 28 heavy (non-hydrogen) atoms. The predicted molar refractivity (Wildman–Crippen MR) is 108 cm³/mol. The van der Waals surface area contributed by atoms with Gasteiger partial charge in [-0.1, -0.05) is 42.5 Å². The molecule has 1 amide bonds. The molecule has 0 aliphatic heterocycles. The van der Waals surface area contributed by atoms with Crippen molar-refractivity contribution in [3.63, 3.8) is 0 Å². The van der Waals surface area contributed by atoms with Crippen LogP contribution in [-0.2, 0) is 22.4 Å². The van der Waals surface area contributed by atoms with Crippen LogP contribution < -0.4 is 5.32 Å². The van der Waals surface area contributed by atoms with Crippen LogP contribution in [0.15, 0.2) is 60.7 Å². The number of carbonyl (C=O) groups is 2. The van der Waals surface area contributed by atoms with Crippen LogP contribution in [0.3, 0.4) is 0 Å². The molecule has 0 bridgehead atoms. The van der Waals surface area contributed by atoms with Crippen molar-refractivity contribution in [1.82, 2.24) is 0 Å². The summed E-state index contributed by atoms with van der Waals surface area (Å²) in [5.74, 6) is -1.09. The highest BCUT2D eigenvalue weighted by atomic mass is 32.1. The predicted octanol–water partition coefficient (Wildman–Crippen LogP) is 4.84. The third-order valence-corrected chi connectivity index (χ3v) is 5.08. The largest absolute Gasteiger partial charge is 0.462 e. The fourth-order valence-corrected chi connectivity index (χ4v) is 3.83. The highest BCUT2D eigenvalue weighted by Gasteiger charge is 2.19. The van der Waals surface area contributed by atoms with Gasteiger partial charge < -0.3 is 10.1 Å². The number of nitrogens with one attached hydrogen (secondary N) is 1. The Morgan fingerprint density at radius 2 is 1.75 bits per heavy atom. The minimum Gasteiger partial charge on any atom is -0.462 e. The van der Waals surface area contributed by atoms with E-state index in [9.17, 15) is 14.0 Å². The summed E-state index contributed by atoms with van der Waals surface area (Å²) in [6.07, 6.45) is 0.750. The first-order valence-electron chi connectivity index (χ1n) is 8.93. The molecule has 0 aliphatic carbocycles. The molecule has 1 heterocycles. The zero-order valence-electron chi connectivity index (χ0n) is 15.4. The van der Waals surface area contributed by atoms with E-state index < -0.39 is 5.97 Å². The summed E-state index contributed by atoms with van der Waals surface area (Å²) in [4.78, 5) is 25.7. The first kappa shape index (κ1) is 19.8. The van der Waals surface area contributed by atoms with Crippen molar-refractivity contribution in [3.05, 3.63) is 88.0 Å². The second kappa shape index (κ2) is 9.28. The summed E-state index contributed by atoms with van der Waals surface area (Å²) < 4.78 is 18.1. The molecule has 0 spiro atoms. The molecule has 0 fully saturated rings. The van der Waals surface area contributed by atoms with Crippen LogP contribution in [0.25, 0.3) is 0 Å². The van der Waals surface area contributed by atoms with Crippen LogP contribution in [0, 0.1) is 5.82 Å². The molecule has 3 rings (SSSR count). The van der Waals surface area contributed by atoms with E-state index >= 15 is 0 Å². The maximum Gasteiger partial charge on any atom is 0.341 e. The van der Waals surface area contributed by atoms with E-state index in [2.05, 4.69) is 5.32 Å². The molecule has 2 aromatic carbocycles. The van der Waals surface area contributed by atoms with Gasteiger partial charge in [0.2, 0.25) is 5.91 Å². The number of hydrogen-bond donors (Lipinski definition) is 1. The van der Waals surface area contributed by atoms with Crippen molar-refractivity contribution in [2.45, 2.75) is 19.8 Å². The molecule has 4 nitrogen and oxygen atoms in total. The normalized spacial score (nSPS) is 10.5. The molecule has 0 radical (unpaired) electrons. The van der Waals surface area contributed by atoms with Crippen molar-refractivity contribution in [2.24, 2.45) is 0 Å². The number of carbonyl (C=O) groups excluding carboxylic acids is 2. The average Bonchev–Trinajstić information content (AvgIpc) is 3.06. The fraction of sp³-hybridized carbons (Fsp3) is 0.182. The third-order valence-electron chi connectivity index (χ3n) is 4.03. The fourth-order valence-electron chi connectivity index (χ4n) is 2.74. The summed E-state index contributed by atoms with van der Waals surface area (Å²) >= 11 is 1.36. The monoisotopic (exact) mass is 397 g/mol. The Bertz CT molecular complexity index is 952. The first-order valence-corrected chi connectivity index (χ1v) is 9.75. The lowest BCUT2D eigenvalue weighted by atomic mass is 10.1. The molecule has 1 aromatic heterocycles. The van der Waals surface area contributed by atoms with Crippen molar-refractivity contribution < 1.29 is 18.7 Å². The van der Waals surface area contributed by atoms with Gasteiger partial charge in [-0.05, 0) is 36.2 Å². The molecule has 0 aliphatic rings. The molecule has 0 unspecified atom stereocenters. The number of ether oxygens (including phenoxy) is 1. The van der Waals surface area contributed by atoms with Crippen LogP contribution in [0.2, 0.25) is 0 Å². The maximum absolute atomic E-state index is 13.0. The number of rotatable bonds is 7. The van der Waals surface area contributed by atoms with Gasteiger partial charge in [-0.25, -0.2) is 9.18 Å². The Hall–Kier alpha value is -2.99. The summed E-state index contributed by atoms with van der Waals surface area (Å²) in [6, 6.07) is 17.4. The molecule has 6 heteroatoms. The summed E-state index contributed by atoms with van der Waals surface area (Å²) in [6.45, 7) is 1.99. The lowest BCUT2D eigenvalue weighted by Gasteiger charge is -2.06. The van der Waals surface area contributed by atoms with Gasteiger partial charge in [0.25, 0.3) is 0 Å². The van der Waals surface area contributed by atoms with Crippen LogP contribution in [-0.4, -0.2) is 18.5 Å². The molecule has 0 saturated carbocycles. The zero-order chi connectivity index (χ0) is 19.9. The number of thiophene rings is 1. The lowest BCUT2D eigenvalue weighted by molar-refractivity contribution is -0.115. The van der Waals surface area contributed by atoms with Gasteiger partial charge in [0.05, 0.1) is 18.6 Å². The van der Waals surface area contributed by atoms with Gasteiger partial charge in [-0.3, -0.25) is 4.79 Å². The van der Waals surface area contributed by atoms with E-state index in [1.54, 1.807) is 25.1 Å². The Labute approximate surface area is 167 Å². The minimum absolute atomic E-state index is 0.0917. The number of amides is 1. The van der Waals surface area contributed by atoms with Crippen molar-refractivity contribution in [1.29, 1.82) is 0 Å². The average molecular weight is 397 g/mol. The van der Waals surface area contributed by atoms with Crippen LogP contribution >= 0.6 is 11.3 Å². The lowest BCUT2D eigenvalue weighted by Crippen LogP contribution is -2.16. The summed E-state index contributed by atoms with van der Waals surface area (Å²) in [5, 5.41) is 3.27. The molecule has 1 N–H and O–H groups in total. The standard InChI is InChI=1S/C22H20FNO3S/c1-2-27-22(26)19-14-18(12-15-6-4-3-5-7-15)28-21(19)24-20(25)13-16-8-10-17(23)11-9-16/h3-11,14H,2,12-13H2,1H3,(H,24,25). The van der Waals surface area contributed by atoms with Gasteiger partial charge in [-0.15, -0.1) is 11.3 Å². The van der Waals surface area contributed by atoms with E-state index in [4.69, 9.17) is 4.74 Å². The maximum atomic E-state index is 13.0. The number of esters is 1. The van der Waals surface area contributed by atoms with E-state index in [1.165, 1.54) is 23.5 Å². The molecule has 144 valence electrons. The van der Waals surface area contributed by atoms with E-state index in [1.807, 2.05) is 30.3 Å². The Kier molecular flexibility index (Phi) is 6.55. The van der Waals surface area contributed by atoms with Crippen LogP contribution in [0.4, 0.5) is 9.39 Å². The quantitative estimate of drug-likeness (QED) is 0.581. The number of halogens is 1. The van der Waals surface area contributed by atoms with Gasteiger partial charge in [-0.2, -0.15) is 0 Å². The summed E-state index contributed by atoms with van der Waals surface area (Å²) in [5.41, 5.74) is 2.16. The number of anilines is 1. The highest BCUT2D eigenvalue weighted by Crippen LogP contribution is 2.31. The summed E-state index contributed by atoms with van der Waals surface area (Å²) in [7, 11) is 0. The zero-order valence-corrected chi connectivity index (χ0v) is 16.2. The van der Waals surface area contributed by atoms with Crippen molar-refractivity contribution in [3.8, 4) is 0 Å². The smallest absolute Gasteiger partial charge is 0.341 e. The van der Waals surface area contributed by atoms with Gasteiger partial charge >= 0.3 is 5.97 Å². The minimum atomic E-state index is -0.463. The second-order valence-corrected chi connectivity index (χ2v) is 7.33. The Morgan fingerprint density at radius 1 is 1.04 bits per heavy atom. The molecule has 3 aromatic rings. The number of benzene rings is 2. The van der Waals surface area contributed by atoms with E-state index in [-0.39, 0.29) is 24.8 Å². The van der Waals surface area contributed by atoms with Crippen LogP contribution in [0.5, 0.6) is 0 Å². The van der Waals surface area contributed by atoms with E-state index in [0.717, 1.165) is 10.4 Å². The SMILES string of the molecule is CCOC(=O)c1cc(Cc2ccccc2)sc1NC(=O)Cc1ccc(F)cc1. The van der Waals surface area contributed by atoms with Gasteiger partial charge in [0, 0.05) is 11.3 Å². The van der Waals surface area contributed by atoms with Gasteiger partial charge in [0.1, 0.15) is 10.8 Å². The third kappa shape index (κ3) is 5.27. The molecule has 0 atom stereocenters. The van der Waals surface area contributed by atoms with Crippen LogP contribution in [0.1, 0.15) is 33.3 Å². The van der Waals surface area contributed by atoms with Crippen molar-refractivity contribution >= 4 is 28.2 Å². The van der Waals surface area contributed by atoms with Gasteiger partial charge in [0.15, 0.2) is 0 Å². The van der Waals surface area contributed by atoms with E-state index in [0.29, 0.717) is 22.5 Å². The topological polar surface area (TPSA) is 55.4 Å². The first-order chi connectivity index (χ1) is 13.5. The molecule has 0 saturated heterocycles. The Balaban J connectivity index is 1.78. The second-order valence-electron chi connectivity index (χ2n) is 6.19. The molecular weight excluding hydrogens is 377 g/mol. The van der Waals surface area contributed by atoms with Crippen molar-refractivity contribution in [2.75, 3.05) is 11.9 Å². The number of hydrogen-bond acceptors (Lipinski definition) is 4. The Morgan fingerprint density at radius 3 is 2.43 bits per heavy atom. The molecular formula is C22H20FNO3S. The highest BCUT2D eigenvalue weighted by molar-refractivity contribution is 7.16.